The molecule has 1 heterocycles. The molecule has 1 aliphatic rings. The highest BCUT2D eigenvalue weighted by atomic mass is 35.5. The number of halogens is 2. The number of hydrogen-bond acceptors (Lipinski definition) is 2. The first-order valence-corrected chi connectivity index (χ1v) is 3.89. The fourth-order valence-electron chi connectivity index (χ4n) is 1.58. The maximum Gasteiger partial charge on any atom is 0.0957 e. The minimum atomic E-state index is 0. The van der Waals surface area contributed by atoms with E-state index in [-0.39, 0.29) is 24.8 Å². The standard InChI is InChI=1S/C10H6N2.2ClH/c1-3-7-4-2-6-9-10(7)8(5-1)11-12-9;;/h1-6H;2*1H. The van der Waals surface area contributed by atoms with Crippen molar-refractivity contribution in [1.29, 1.82) is 0 Å². The van der Waals surface area contributed by atoms with Crippen LogP contribution in [0.25, 0.3) is 10.8 Å². The Morgan fingerprint density at radius 1 is 0.714 bits per heavy atom. The molecule has 0 aliphatic carbocycles. The largest absolute Gasteiger partial charge is 0.150 e. The summed E-state index contributed by atoms with van der Waals surface area (Å²) in [5.74, 6) is 0. The summed E-state index contributed by atoms with van der Waals surface area (Å²) >= 11 is 0. The van der Waals surface area contributed by atoms with Gasteiger partial charge in [0, 0.05) is 5.39 Å². The third kappa shape index (κ3) is 1.37. The number of nitrogens with zero attached hydrogens (tertiary/aromatic N) is 2. The van der Waals surface area contributed by atoms with Crippen LogP contribution in [0.15, 0.2) is 46.6 Å². The first-order valence-electron chi connectivity index (χ1n) is 3.89. The fourth-order valence-corrected chi connectivity index (χ4v) is 1.58. The molecule has 14 heavy (non-hydrogen) atoms. The number of azo groups is 1. The Morgan fingerprint density at radius 3 is 1.71 bits per heavy atom. The Balaban J connectivity index is 0.000000490. The molecule has 0 bridgehead atoms. The highest BCUT2D eigenvalue weighted by Gasteiger charge is 2.09. The summed E-state index contributed by atoms with van der Waals surface area (Å²) in [4.78, 5) is 0. The van der Waals surface area contributed by atoms with Gasteiger partial charge in [-0.15, -0.1) is 35.0 Å². The van der Waals surface area contributed by atoms with Crippen LogP contribution in [0.3, 0.4) is 0 Å². The molecule has 0 N–H and O–H groups in total. The van der Waals surface area contributed by atoms with Crippen LogP contribution in [0.5, 0.6) is 0 Å². The molecule has 2 aromatic carbocycles. The third-order valence-electron chi connectivity index (χ3n) is 2.13. The summed E-state index contributed by atoms with van der Waals surface area (Å²) in [7, 11) is 0. The molecule has 0 spiro atoms. The Kier molecular flexibility index (Phi) is 3.09. The molecule has 0 atom stereocenters. The van der Waals surface area contributed by atoms with Crippen molar-refractivity contribution in [2.45, 2.75) is 0 Å². The molecular formula is C10H8Cl2N2. The molecule has 2 nitrogen and oxygen atoms in total. The molecule has 0 saturated carbocycles. The SMILES string of the molecule is Cl.Cl.c1cc2c3c(cccc3c1)N=N2. The smallest absolute Gasteiger partial charge is 0.0957 e. The Labute approximate surface area is 93.9 Å². The zero-order chi connectivity index (χ0) is 7.97. The minimum absolute atomic E-state index is 0. The first kappa shape index (κ1) is 11.0. The van der Waals surface area contributed by atoms with Crippen LogP contribution in [0, 0.1) is 0 Å². The monoisotopic (exact) mass is 226 g/mol. The highest BCUT2D eigenvalue weighted by Crippen LogP contribution is 2.39. The van der Waals surface area contributed by atoms with Gasteiger partial charge in [0.2, 0.25) is 0 Å². The van der Waals surface area contributed by atoms with Crippen molar-refractivity contribution < 1.29 is 0 Å². The summed E-state index contributed by atoms with van der Waals surface area (Å²) in [6.45, 7) is 0. The molecule has 4 heteroatoms. The fraction of sp³-hybridized carbons (Fsp3) is 0. The average Bonchev–Trinajstić information content (AvgIpc) is 2.52. The number of rotatable bonds is 0. The molecule has 0 radical (unpaired) electrons. The van der Waals surface area contributed by atoms with Crippen molar-refractivity contribution in [1.82, 2.24) is 0 Å². The van der Waals surface area contributed by atoms with Gasteiger partial charge in [0.1, 0.15) is 0 Å². The van der Waals surface area contributed by atoms with E-state index in [9.17, 15) is 0 Å². The van der Waals surface area contributed by atoms with Crippen LogP contribution < -0.4 is 0 Å². The summed E-state index contributed by atoms with van der Waals surface area (Å²) < 4.78 is 0. The van der Waals surface area contributed by atoms with E-state index >= 15 is 0 Å². The van der Waals surface area contributed by atoms with Crippen molar-refractivity contribution in [2.75, 3.05) is 0 Å². The van der Waals surface area contributed by atoms with E-state index in [4.69, 9.17) is 0 Å². The molecule has 2 aromatic rings. The van der Waals surface area contributed by atoms with E-state index in [1.54, 1.807) is 0 Å². The summed E-state index contributed by atoms with van der Waals surface area (Å²) in [6.07, 6.45) is 0. The van der Waals surface area contributed by atoms with Crippen LogP contribution in [-0.2, 0) is 0 Å². The Hall–Kier alpha value is -1.12. The van der Waals surface area contributed by atoms with E-state index in [0.717, 1.165) is 11.4 Å². The second kappa shape index (κ2) is 3.95. The van der Waals surface area contributed by atoms with Crippen molar-refractivity contribution in [3.05, 3.63) is 36.4 Å². The second-order valence-corrected chi connectivity index (χ2v) is 2.85. The topological polar surface area (TPSA) is 24.7 Å². The lowest BCUT2D eigenvalue weighted by atomic mass is 10.1. The molecule has 0 fully saturated rings. The highest BCUT2D eigenvalue weighted by molar-refractivity contribution is 6.02. The van der Waals surface area contributed by atoms with E-state index in [2.05, 4.69) is 22.4 Å². The lowest BCUT2D eigenvalue weighted by Gasteiger charge is -1.96. The lowest BCUT2D eigenvalue weighted by molar-refractivity contribution is 1.30. The molecule has 72 valence electrons. The third-order valence-corrected chi connectivity index (χ3v) is 2.13. The van der Waals surface area contributed by atoms with E-state index in [1.165, 1.54) is 10.8 Å². The Morgan fingerprint density at radius 2 is 1.21 bits per heavy atom. The maximum absolute atomic E-state index is 4.07. The molecule has 3 rings (SSSR count). The van der Waals surface area contributed by atoms with E-state index in [0.29, 0.717) is 0 Å². The molecular weight excluding hydrogens is 219 g/mol. The molecule has 0 saturated heterocycles. The zero-order valence-electron chi connectivity index (χ0n) is 7.18. The van der Waals surface area contributed by atoms with Gasteiger partial charge in [-0.25, -0.2) is 0 Å². The average molecular weight is 227 g/mol. The number of benzene rings is 2. The summed E-state index contributed by atoms with van der Waals surface area (Å²) in [5.41, 5.74) is 1.98. The van der Waals surface area contributed by atoms with Gasteiger partial charge in [0.15, 0.2) is 0 Å². The lowest BCUT2D eigenvalue weighted by Crippen LogP contribution is -1.68. The van der Waals surface area contributed by atoms with Gasteiger partial charge in [-0.05, 0) is 17.5 Å². The van der Waals surface area contributed by atoms with Crippen LogP contribution in [0.4, 0.5) is 11.4 Å². The molecule has 0 aromatic heterocycles. The van der Waals surface area contributed by atoms with Crippen molar-refractivity contribution >= 4 is 47.0 Å². The van der Waals surface area contributed by atoms with E-state index in [1.807, 2.05) is 24.3 Å². The van der Waals surface area contributed by atoms with Crippen molar-refractivity contribution in [2.24, 2.45) is 10.2 Å². The molecule has 0 amide bonds. The van der Waals surface area contributed by atoms with Crippen molar-refractivity contribution in [3.63, 3.8) is 0 Å². The Bertz CT molecular complexity index is 454. The predicted octanol–water partition coefficient (Wildman–Crippen LogP) is 4.41. The maximum atomic E-state index is 4.07. The van der Waals surface area contributed by atoms with Gasteiger partial charge in [-0.3, -0.25) is 0 Å². The first-order chi connectivity index (χ1) is 5.95. The molecule has 1 aliphatic heterocycles. The second-order valence-electron chi connectivity index (χ2n) is 2.85. The number of hydrogen-bond donors (Lipinski definition) is 0. The van der Waals surface area contributed by atoms with Gasteiger partial charge in [0.25, 0.3) is 0 Å². The van der Waals surface area contributed by atoms with Crippen LogP contribution >= 0.6 is 24.8 Å². The van der Waals surface area contributed by atoms with Gasteiger partial charge in [-0.1, -0.05) is 24.3 Å². The minimum Gasteiger partial charge on any atom is -0.150 e. The van der Waals surface area contributed by atoms with Crippen molar-refractivity contribution in [3.8, 4) is 0 Å². The van der Waals surface area contributed by atoms with Crippen LogP contribution in [-0.4, -0.2) is 0 Å². The predicted molar refractivity (Wildman–Crippen MR) is 62.6 cm³/mol. The van der Waals surface area contributed by atoms with Gasteiger partial charge >= 0.3 is 0 Å². The summed E-state index contributed by atoms with van der Waals surface area (Å²) in [6, 6.07) is 12.2. The normalized spacial score (nSPS) is 10.9. The van der Waals surface area contributed by atoms with Gasteiger partial charge < -0.3 is 0 Å². The van der Waals surface area contributed by atoms with Gasteiger partial charge in [-0.2, -0.15) is 0 Å². The van der Waals surface area contributed by atoms with Gasteiger partial charge in [0.05, 0.1) is 11.4 Å². The quantitative estimate of drug-likeness (QED) is 0.543. The summed E-state index contributed by atoms with van der Waals surface area (Å²) in [5, 5.41) is 10.5. The van der Waals surface area contributed by atoms with Crippen LogP contribution in [0.1, 0.15) is 0 Å². The van der Waals surface area contributed by atoms with Crippen LogP contribution in [0.2, 0.25) is 0 Å². The van der Waals surface area contributed by atoms with E-state index < -0.39 is 0 Å². The zero-order valence-corrected chi connectivity index (χ0v) is 8.81. The molecule has 0 unspecified atom stereocenters.